The molecule has 0 aliphatic carbocycles. The lowest BCUT2D eigenvalue weighted by Gasteiger charge is -2.14. The van der Waals surface area contributed by atoms with Gasteiger partial charge in [-0.15, -0.1) is 0 Å². The number of hydrogen-bond donors (Lipinski definition) is 2. The van der Waals surface area contributed by atoms with Crippen LogP contribution in [0.5, 0.6) is 5.75 Å². The van der Waals surface area contributed by atoms with Gasteiger partial charge in [-0.05, 0) is 30.0 Å². The van der Waals surface area contributed by atoms with Gasteiger partial charge in [0.1, 0.15) is 11.8 Å². The molecule has 4 heteroatoms. The standard InChI is InChI=1S/C15H22N2O2/c1-11(2)6-14(18)10-17-9-12-4-5-15(19-3)13(7-12)8-16/h4-5,7,11,14,17-18H,6,9-10H2,1-3H3. The van der Waals surface area contributed by atoms with E-state index >= 15 is 0 Å². The molecular formula is C15H22N2O2. The molecule has 1 aromatic carbocycles. The zero-order valence-corrected chi connectivity index (χ0v) is 11.8. The molecule has 0 amide bonds. The Morgan fingerprint density at radius 2 is 2.16 bits per heavy atom. The summed E-state index contributed by atoms with van der Waals surface area (Å²) in [7, 11) is 1.55. The maximum atomic E-state index is 9.75. The highest BCUT2D eigenvalue weighted by Crippen LogP contribution is 2.18. The number of aliphatic hydroxyl groups is 1. The molecule has 0 heterocycles. The third-order valence-corrected chi connectivity index (χ3v) is 2.84. The Hall–Kier alpha value is -1.57. The van der Waals surface area contributed by atoms with Crippen LogP contribution in [0.3, 0.4) is 0 Å². The summed E-state index contributed by atoms with van der Waals surface area (Å²) < 4.78 is 5.09. The van der Waals surface area contributed by atoms with Gasteiger partial charge in [0.25, 0.3) is 0 Å². The highest BCUT2D eigenvalue weighted by atomic mass is 16.5. The lowest BCUT2D eigenvalue weighted by Crippen LogP contribution is -2.27. The molecule has 0 aromatic heterocycles. The van der Waals surface area contributed by atoms with Crippen LogP contribution < -0.4 is 10.1 Å². The average Bonchev–Trinajstić information content (AvgIpc) is 2.37. The van der Waals surface area contributed by atoms with Crippen molar-refractivity contribution >= 4 is 0 Å². The van der Waals surface area contributed by atoms with Crippen molar-refractivity contribution < 1.29 is 9.84 Å². The van der Waals surface area contributed by atoms with Crippen molar-refractivity contribution in [2.75, 3.05) is 13.7 Å². The summed E-state index contributed by atoms with van der Waals surface area (Å²) in [5.41, 5.74) is 1.54. The van der Waals surface area contributed by atoms with E-state index in [1.54, 1.807) is 19.2 Å². The highest BCUT2D eigenvalue weighted by molar-refractivity contribution is 5.45. The van der Waals surface area contributed by atoms with E-state index in [2.05, 4.69) is 25.2 Å². The summed E-state index contributed by atoms with van der Waals surface area (Å²) in [6.07, 6.45) is 0.465. The minimum absolute atomic E-state index is 0.325. The van der Waals surface area contributed by atoms with Gasteiger partial charge >= 0.3 is 0 Å². The van der Waals surface area contributed by atoms with Crippen LogP contribution in [-0.4, -0.2) is 24.9 Å². The smallest absolute Gasteiger partial charge is 0.136 e. The number of nitriles is 1. The molecule has 19 heavy (non-hydrogen) atoms. The second-order valence-corrected chi connectivity index (χ2v) is 5.06. The van der Waals surface area contributed by atoms with Crippen LogP contribution in [0, 0.1) is 17.2 Å². The lowest BCUT2D eigenvalue weighted by atomic mass is 10.1. The fraction of sp³-hybridized carbons (Fsp3) is 0.533. The van der Waals surface area contributed by atoms with E-state index in [0.717, 1.165) is 12.0 Å². The van der Waals surface area contributed by atoms with Crippen molar-refractivity contribution in [1.29, 1.82) is 5.26 Å². The van der Waals surface area contributed by atoms with Crippen molar-refractivity contribution in [3.63, 3.8) is 0 Å². The van der Waals surface area contributed by atoms with Crippen LogP contribution >= 0.6 is 0 Å². The van der Waals surface area contributed by atoms with E-state index in [9.17, 15) is 5.11 Å². The van der Waals surface area contributed by atoms with Gasteiger partial charge < -0.3 is 15.2 Å². The van der Waals surface area contributed by atoms with E-state index in [4.69, 9.17) is 10.00 Å². The summed E-state index contributed by atoms with van der Waals surface area (Å²) >= 11 is 0. The van der Waals surface area contributed by atoms with E-state index in [1.165, 1.54) is 0 Å². The van der Waals surface area contributed by atoms with Gasteiger partial charge in [0.05, 0.1) is 18.8 Å². The molecular weight excluding hydrogens is 240 g/mol. The van der Waals surface area contributed by atoms with Crippen LogP contribution in [0.2, 0.25) is 0 Å². The Bertz CT molecular complexity index is 438. The molecule has 0 spiro atoms. The zero-order chi connectivity index (χ0) is 14.3. The first-order valence-electron chi connectivity index (χ1n) is 6.52. The van der Waals surface area contributed by atoms with Crippen molar-refractivity contribution in [3.8, 4) is 11.8 Å². The fourth-order valence-electron chi connectivity index (χ4n) is 1.96. The molecule has 0 bridgehead atoms. The quantitative estimate of drug-likeness (QED) is 0.789. The number of benzene rings is 1. The number of rotatable bonds is 7. The molecule has 1 unspecified atom stereocenters. The van der Waals surface area contributed by atoms with E-state index < -0.39 is 0 Å². The first-order valence-corrected chi connectivity index (χ1v) is 6.52. The predicted molar refractivity (Wildman–Crippen MR) is 74.9 cm³/mol. The Morgan fingerprint density at radius 1 is 1.42 bits per heavy atom. The SMILES string of the molecule is COc1ccc(CNCC(O)CC(C)C)cc1C#N. The van der Waals surface area contributed by atoms with E-state index in [1.807, 2.05) is 6.07 Å². The summed E-state index contributed by atoms with van der Waals surface area (Å²) in [5.74, 6) is 1.08. The molecule has 104 valence electrons. The molecule has 4 nitrogen and oxygen atoms in total. The summed E-state index contributed by atoms with van der Waals surface area (Å²) in [5, 5.41) is 21.9. The first-order chi connectivity index (χ1) is 9.06. The molecule has 0 saturated heterocycles. The first kappa shape index (κ1) is 15.5. The van der Waals surface area contributed by atoms with Gasteiger partial charge in [-0.3, -0.25) is 0 Å². The zero-order valence-electron chi connectivity index (χ0n) is 11.8. The number of methoxy groups -OCH3 is 1. The normalized spacial score (nSPS) is 12.2. The largest absolute Gasteiger partial charge is 0.495 e. The lowest BCUT2D eigenvalue weighted by molar-refractivity contribution is 0.146. The minimum Gasteiger partial charge on any atom is -0.495 e. The summed E-state index contributed by atoms with van der Waals surface area (Å²) in [6, 6.07) is 7.63. The van der Waals surface area contributed by atoms with Gasteiger partial charge in [0.2, 0.25) is 0 Å². The third kappa shape index (κ3) is 5.29. The molecule has 1 atom stereocenters. The second-order valence-electron chi connectivity index (χ2n) is 5.06. The summed E-state index contributed by atoms with van der Waals surface area (Å²) in [6.45, 7) is 5.37. The summed E-state index contributed by atoms with van der Waals surface area (Å²) in [4.78, 5) is 0. The van der Waals surface area contributed by atoms with Gasteiger partial charge in [-0.1, -0.05) is 19.9 Å². The van der Waals surface area contributed by atoms with Crippen LogP contribution in [0.4, 0.5) is 0 Å². The Morgan fingerprint density at radius 3 is 2.74 bits per heavy atom. The molecule has 2 N–H and O–H groups in total. The molecule has 0 radical (unpaired) electrons. The molecule has 1 aromatic rings. The van der Waals surface area contributed by atoms with Gasteiger partial charge in [0, 0.05) is 13.1 Å². The number of nitrogens with one attached hydrogen (secondary N) is 1. The van der Waals surface area contributed by atoms with Crippen LogP contribution in [0.25, 0.3) is 0 Å². The predicted octanol–water partition coefficient (Wildman–Crippen LogP) is 2.06. The molecule has 0 aliphatic heterocycles. The van der Waals surface area contributed by atoms with Crippen LogP contribution in [0.1, 0.15) is 31.4 Å². The van der Waals surface area contributed by atoms with Gasteiger partial charge in [-0.2, -0.15) is 5.26 Å². The molecule has 0 saturated carbocycles. The van der Waals surface area contributed by atoms with Crippen LogP contribution in [-0.2, 0) is 6.54 Å². The Balaban J connectivity index is 2.48. The third-order valence-electron chi connectivity index (χ3n) is 2.84. The Kier molecular flexibility index (Phi) is 6.34. The molecule has 0 aliphatic rings. The Labute approximate surface area is 115 Å². The molecule has 0 fully saturated rings. The number of ether oxygens (including phenoxy) is 1. The van der Waals surface area contributed by atoms with Crippen LogP contribution in [0.15, 0.2) is 18.2 Å². The monoisotopic (exact) mass is 262 g/mol. The molecule has 1 rings (SSSR count). The maximum absolute atomic E-state index is 9.75. The van der Waals surface area contributed by atoms with E-state index in [-0.39, 0.29) is 6.10 Å². The maximum Gasteiger partial charge on any atom is 0.136 e. The van der Waals surface area contributed by atoms with Gasteiger partial charge in [-0.25, -0.2) is 0 Å². The van der Waals surface area contributed by atoms with Crippen molar-refractivity contribution in [2.45, 2.75) is 32.9 Å². The number of nitrogens with zero attached hydrogens (tertiary/aromatic N) is 1. The highest BCUT2D eigenvalue weighted by Gasteiger charge is 2.07. The average molecular weight is 262 g/mol. The van der Waals surface area contributed by atoms with Crippen molar-refractivity contribution in [2.24, 2.45) is 5.92 Å². The topological polar surface area (TPSA) is 65.3 Å². The van der Waals surface area contributed by atoms with Crippen molar-refractivity contribution in [3.05, 3.63) is 29.3 Å². The van der Waals surface area contributed by atoms with Gasteiger partial charge in [0.15, 0.2) is 0 Å². The van der Waals surface area contributed by atoms with Crippen molar-refractivity contribution in [1.82, 2.24) is 5.32 Å². The number of hydrogen-bond acceptors (Lipinski definition) is 4. The van der Waals surface area contributed by atoms with E-state index in [0.29, 0.717) is 30.3 Å². The fourth-order valence-corrected chi connectivity index (χ4v) is 1.96. The second kappa shape index (κ2) is 7.78. The number of aliphatic hydroxyl groups excluding tert-OH is 1. The minimum atomic E-state index is -0.325.